The van der Waals surface area contributed by atoms with E-state index in [0.29, 0.717) is 13.2 Å². The van der Waals surface area contributed by atoms with Crippen molar-refractivity contribution in [3.8, 4) is 0 Å². The number of morpholine rings is 1. The summed E-state index contributed by atoms with van der Waals surface area (Å²) >= 11 is 6.13. The Balaban J connectivity index is 1.51. The van der Waals surface area contributed by atoms with Crippen molar-refractivity contribution in [2.45, 2.75) is 4.90 Å². The minimum absolute atomic E-state index is 0.0326. The fourth-order valence-corrected chi connectivity index (χ4v) is 5.01. The number of carbonyl (C=O) groups is 3. The molecule has 0 unspecified atom stereocenters. The first-order valence-corrected chi connectivity index (χ1v) is 11.2. The summed E-state index contributed by atoms with van der Waals surface area (Å²) in [5.74, 6) is -1.81. The van der Waals surface area contributed by atoms with Crippen LogP contribution in [-0.4, -0.2) is 68.2 Å². The Morgan fingerprint density at radius 3 is 2.26 bits per heavy atom. The van der Waals surface area contributed by atoms with Crippen LogP contribution in [0.1, 0.15) is 20.7 Å². The van der Waals surface area contributed by atoms with E-state index in [1.54, 1.807) is 12.1 Å². The van der Waals surface area contributed by atoms with Crippen molar-refractivity contribution in [3.05, 3.63) is 58.6 Å². The third-order valence-corrected chi connectivity index (χ3v) is 7.22. The van der Waals surface area contributed by atoms with Crippen LogP contribution in [0, 0.1) is 0 Å². The summed E-state index contributed by atoms with van der Waals surface area (Å²) in [6.45, 7) is 0.537. The number of nitrogens with zero attached hydrogens (tertiary/aromatic N) is 2. The number of benzene rings is 2. The van der Waals surface area contributed by atoms with Crippen LogP contribution in [0.5, 0.6) is 0 Å². The molecule has 1 saturated heterocycles. The van der Waals surface area contributed by atoms with Crippen LogP contribution in [0.25, 0.3) is 0 Å². The van der Waals surface area contributed by atoms with Gasteiger partial charge in [-0.05, 0) is 30.3 Å². The topological polar surface area (TPSA) is 113 Å². The lowest BCUT2D eigenvalue weighted by Gasteiger charge is -2.26. The molecule has 1 fully saturated rings. The summed E-state index contributed by atoms with van der Waals surface area (Å²) in [5, 5.41) is 2.62. The number of anilines is 1. The second-order valence-corrected chi connectivity index (χ2v) is 9.29. The van der Waals surface area contributed by atoms with Crippen molar-refractivity contribution in [2.24, 2.45) is 0 Å². The van der Waals surface area contributed by atoms with Gasteiger partial charge in [-0.25, -0.2) is 8.42 Å². The maximum absolute atomic E-state index is 12.8. The van der Waals surface area contributed by atoms with E-state index in [0.717, 1.165) is 4.90 Å². The molecule has 2 aromatic rings. The van der Waals surface area contributed by atoms with Crippen molar-refractivity contribution in [1.82, 2.24) is 9.21 Å². The summed E-state index contributed by atoms with van der Waals surface area (Å²) in [7, 11) is -3.79. The van der Waals surface area contributed by atoms with Crippen LogP contribution in [-0.2, 0) is 19.6 Å². The first-order chi connectivity index (χ1) is 14.8. The third kappa shape index (κ3) is 4.07. The number of rotatable bonds is 5. The fourth-order valence-electron chi connectivity index (χ4n) is 3.41. The van der Waals surface area contributed by atoms with Crippen LogP contribution in [0.4, 0.5) is 5.69 Å². The van der Waals surface area contributed by atoms with Crippen molar-refractivity contribution in [2.75, 3.05) is 38.2 Å². The number of ether oxygens (including phenoxy) is 1. The zero-order valence-corrected chi connectivity index (χ0v) is 17.8. The minimum Gasteiger partial charge on any atom is -0.379 e. The van der Waals surface area contributed by atoms with Crippen LogP contribution in [0.15, 0.2) is 47.4 Å². The highest BCUT2D eigenvalue weighted by Crippen LogP contribution is 2.28. The standard InChI is InChI=1S/C20H18ClN3O6S/c21-16-6-5-13(31(28,29)23-7-9-30-10-8-23)11-17(16)22-18(25)12-24-19(26)14-3-1-2-4-15(14)20(24)27/h1-6,11H,7-10,12H2,(H,22,25). The summed E-state index contributed by atoms with van der Waals surface area (Å²) < 4.78 is 32.2. The highest BCUT2D eigenvalue weighted by molar-refractivity contribution is 7.89. The van der Waals surface area contributed by atoms with Crippen molar-refractivity contribution in [1.29, 1.82) is 0 Å². The molecule has 2 aliphatic rings. The predicted molar refractivity (Wildman–Crippen MR) is 111 cm³/mol. The quantitative estimate of drug-likeness (QED) is 0.674. The largest absolute Gasteiger partial charge is 0.379 e. The summed E-state index contributed by atoms with van der Waals surface area (Å²) in [5.41, 5.74) is 0.534. The number of amides is 3. The molecular weight excluding hydrogens is 446 g/mol. The van der Waals surface area contributed by atoms with Gasteiger partial charge in [0.05, 0.1) is 39.9 Å². The van der Waals surface area contributed by atoms with Gasteiger partial charge in [0.2, 0.25) is 15.9 Å². The number of sulfonamides is 1. The maximum Gasteiger partial charge on any atom is 0.262 e. The monoisotopic (exact) mass is 463 g/mol. The number of hydrogen-bond donors (Lipinski definition) is 1. The number of fused-ring (bicyclic) bond motifs is 1. The Bertz CT molecular complexity index is 1140. The zero-order chi connectivity index (χ0) is 22.2. The van der Waals surface area contributed by atoms with Gasteiger partial charge in [0.15, 0.2) is 0 Å². The highest BCUT2D eigenvalue weighted by atomic mass is 35.5. The van der Waals surface area contributed by atoms with Crippen LogP contribution >= 0.6 is 11.6 Å². The Hall–Kier alpha value is -2.79. The lowest BCUT2D eigenvalue weighted by molar-refractivity contribution is -0.116. The van der Waals surface area contributed by atoms with E-state index in [2.05, 4.69) is 5.32 Å². The second-order valence-electron chi connectivity index (χ2n) is 6.95. The van der Waals surface area contributed by atoms with Crippen LogP contribution in [0.3, 0.4) is 0 Å². The Kier molecular flexibility index (Phi) is 5.80. The molecule has 4 rings (SSSR count). The second kappa shape index (κ2) is 8.39. The molecule has 3 amide bonds. The number of carbonyl (C=O) groups excluding carboxylic acids is 3. The van der Waals surface area contributed by atoms with E-state index in [1.165, 1.54) is 34.6 Å². The van der Waals surface area contributed by atoms with Gasteiger partial charge in [-0.15, -0.1) is 0 Å². The molecule has 2 heterocycles. The first-order valence-electron chi connectivity index (χ1n) is 9.41. The maximum atomic E-state index is 12.8. The van der Waals surface area contributed by atoms with Gasteiger partial charge in [-0.2, -0.15) is 4.31 Å². The lowest BCUT2D eigenvalue weighted by atomic mass is 10.1. The van der Waals surface area contributed by atoms with Gasteiger partial charge in [0.1, 0.15) is 6.54 Å². The number of hydrogen-bond acceptors (Lipinski definition) is 6. The van der Waals surface area contributed by atoms with Gasteiger partial charge in [-0.1, -0.05) is 23.7 Å². The molecule has 0 bridgehead atoms. The molecule has 0 aromatic heterocycles. The molecular formula is C20H18ClN3O6S. The molecule has 0 spiro atoms. The molecule has 0 atom stereocenters. The average molecular weight is 464 g/mol. The van der Waals surface area contributed by atoms with Gasteiger partial charge in [0.25, 0.3) is 11.8 Å². The SMILES string of the molecule is O=C(CN1C(=O)c2ccccc2C1=O)Nc1cc(S(=O)(=O)N2CCOCC2)ccc1Cl. The lowest BCUT2D eigenvalue weighted by Crippen LogP contribution is -2.40. The highest BCUT2D eigenvalue weighted by Gasteiger charge is 2.36. The normalized spacial score (nSPS) is 17.0. The number of imide groups is 1. The smallest absolute Gasteiger partial charge is 0.262 e. The van der Waals surface area contributed by atoms with E-state index >= 15 is 0 Å². The van der Waals surface area contributed by atoms with E-state index < -0.39 is 34.3 Å². The summed E-state index contributed by atoms with van der Waals surface area (Å²) in [6, 6.07) is 10.3. The van der Waals surface area contributed by atoms with E-state index in [4.69, 9.17) is 16.3 Å². The molecule has 1 N–H and O–H groups in total. The molecule has 31 heavy (non-hydrogen) atoms. The van der Waals surface area contributed by atoms with Crippen molar-refractivity contribution < 1.29 is 27.5 Å². The van der Waals surface area contributed by atoms with Gasteiger partial charge >= 0.3 is 0 Å². The first kappa shape index (κ1) is 21.4. The van der Waals surface area contributed by atoms with E-state index in [-0.39, 0.29) is 39.8 Å². The molecule has 2 aromatic carbocycles. The fraction of sp³-hybridized carbons (Fsp3) is 0.250. The van der Waals surface area contributed by atoms with Crippen molar-refractivity contribution in [3.63, 3.8) is 0 Å². The number of nitrogens with one attached hydrogen (secondary N) is 1. The third-order valence-electron chi connectivity index (χ3n) is 5.00. The molecule has 2 aliphatic heterocycles. The number of halogens is 1. The van der Waals surface area contributed by atoms with Crippen LogP contribution < -0.4 is 5.32 Å². The average Bonchev–Trinajstić information content (AvgIpc) is 3.01. The van der Waals surface area contributed by atoms with Gasteiger partial charge in [0, 0.05) is 13.1 Å². The van der Waals surface area contributed by atoms with E-state index in [1.807, 2.05) is 0 Å². The molecule has 11 heteroatoms. The van der Waals surface area contributed by atoms with Gasteiger partial charge in [-0.3, -0.25) is 19.3 Å². The van der Waals surface area contributed by atoms with Crippen LogP contribution in [0.2, 0.25) is 5.02 Å². The molecule has 0 aliphatic carbocycles. The van der Waals surface area contributed by atoms with E-state index in [9.17, 15) is 22.8 Å². The zero-order valence-electron chi connectivity index (χ0n) is 16.2. The summed E-state index contributed by atoms with van der Waals surface area (Å²) in [4.78, 5) is 38.2. The molecule has 9 nitrogen and oxygen atoms in total. The predicted octanol–water partition coefficient (Wildman–Crippen LogP) is 1.60. The Morgan fingerprint density at radius 1 is 1.03 bits per heavy atom. The molecule has 0 radical (unpaired) electrons. The summed E-state index contributed by atoms with van der Waals surface area (Å²) in [6.07, 6.45) is 0. The van der Waals surface area contributed by atoms with Gasteiger partial charge < -0.3 is 10.1 Å². The Morgan fingerprint density at radius 2 is 1.65 bits per heavy atom. The minimum atomic E-state index is -3.79. The Labute approximate surface area is 183 Å². The van der Waals surface area contributed by atoms with Crippen molar-refractivity contribution >= 4 is 45.0 Å². The molecule has 0 saturated carbocycles. The molecule has 162 valence electrons.